The molecule has 2 aliphatic rings. The van der Waals surface area contributed by atoms with Crippen LogP contribution in [0.2, 0.25) is 5.02 Å². The Bertz CT molecular complexity index is 1310. The van der Waals surface area contributed by atoms with Crippen molar-refractivity contribution < 1.29 is 22.7 Å². The van der Waals surface area contributed by atoms with Gasteiger partial charge >= 0.3 is 6.09 Å². The van der Waals surface area contributed by atoms with E-state index in [1.54, 1.807) is 44.3 Å². The molecule has 4 rings (SSSR count). The zero-order valence-corrected chi connectivity index (χ0v) is 25.3. The number of benzene rings is 2. The molecule has 1 heterocycles. The summed E-state index contributed by atoms with van der Waals surface area (Å²) in [6, 6.07) is 12.2. The fourth-order valence-corrected chi connectivity index (χ4v) is 7.57. The summed E-state index contributed by atoms with van der Waals surface area (Å²) in [6.45, 7) is 5.76. The number of hydrogen-bond acceptors (Lipinski definition) is 6. The number of sulfonamides is 1. The Kier molecular flexibility index (Phi) is 9.47. The number of nitrogens with one attached hydrogen (secondary N) is 1. The second-order valence-corrected chi connectivity index (χ2v) is 14.1. The van der Waals surface area contributed by atoms with E-state index in [0.717, 1.165) is 31.4 Å². The molecule has 1 aliphatic heterocycles. The van der Waals surface area contributed by atoms with E-state index in [4.69, 9.17) is 16.3 Å². The molecular weight excluding hydrogens is 550 g/mol. The lowest BCUT2D eigenvalue weighted by molar-refractivity contribution is -0.109. The molecule has 0 saturated heterocycles. The molecule has 2 aromatic rings. The van der Waals surface area contributed by atoms with Gasteiger partial charge in [-0.3, -0.25) is 0 Å². The van der Waals surface area contributed by atoms with Gasteiger partial charge in [-0.25, -0.2) is 13.2 Å². The van der Waals surface area contributed by atoms with Gasteiger partial charge in [0.25, 0.3) is 0 Å². The third kappa shape index (κ3) is 6.98. The molecule has 0 radical (unpaired) electrons. The lowest BCUT2D eigenvalue weighted by Crippen LogP contribution is -2.46. The van der Waals surface area contributed by atoms with Crippen LogP contribution in [0.15, 0.2) is 47.4 Å². The van der Waals surface area contributed by atoms with Gasteiger partial charge in [0.15, 0.2) is 0 Å². The SMILES string of the molecule is CN1[C@H](C2CCCCC2)CN(c2ccccc2)c2cc(Cl)c(CC[C@@H](C=O)NC(=O)OC(C)(C)C)cc2S1(=O)=O. The van der Waals surface area contributed by atoms with Gasteiger partial charge in [0.1, 0.15) is 16.8 Å². The van der Waals surface area contributed by atoms with Gasteiger partial charge in [-0.1, -0.05) is 49.1 Å². The molecule has 1 N–H and O–H groups in total. The average molecular weight is 590 g/mol. The van der Waals surface area contributed by atoms with Gasteiger partial charge in [-0.2, -0.15) is 4.31 Å². The Morgan fingerprint density at radius 3 is 2.45 bits per heavy atom. The van der Waals surface area contributed by atoms with Gasteiger partial charge in [0.2, 0.25) is 10.0 Å². The quantitative estimate of drug-likeness (QED) is 0.393. The number of aryl methyl sites for hydroxylation is 1. The number of fused-ring (bicyclic) bond motifs is 1. The van der Waals surface area contributed by atoms with Gasteiger partial charge in [0, 0.05) is 30.3 Å². The highest BCUT2D eigenvalue weighted by molar-refractivity contribution is 7.89. The zero-order valence-electron chi connectivity index (χ0n) is 23.7. The van der Waals surface area contributed by atoms with Crippen molar-refractivity contribution in [2.24, 2.45) is 5.92 Å². The number of rotatable bonds is 7. The number of halogens is 1. The van der Waals surface area contributed by atoms with Crippen molar-refractivity contribution in [2.45, 2.75) is 88.3 Å². The van der Waals surface area contributed by atoms with Crippen LogP contribution in [0.5, 0.6) is 0 Å². The van der Waals surface area contributed by atoms with Crippen molar-refractivity contribution in [1.29, 1.82) is 0 Å². The summed E-state index contributed by atoms with van der Waals surface area (Å²) in [6.07, 6.45) is 5.92. The number of alkyl carbamates (subject to hydrolysis) is 1. The van der Waals surface area contributed by atoms with Crippen LogP contribution in [0, 0.1) is 5.92 Å². The minimum atomic E-state index is -3.85. The summed E-state index contributed by atoms with van der Waals surface area (Å²) in [7, 11) is -2.16. The van der Waals surface area contributed by atoms with Gasteiger partial charge in [0.05, 0.1) is 11.7 Å². The molecular formula is C30H40ClN3O5S. The topological polar surface area (TPSA) is 96.0 Å². The fourth-order valence-electron chi connectivity index (χ4n) is 5.69. The van der Waals surface area contributed by atoms with Crippen LogP contribution in [0.4, 0.5) is 16.2 Å². The molecule has 0 aromatic heterocycles. The third-order valence-corrected chi connectivity index (χ3v) is 10.0. The number of likely N-dealkylation sites (N-methyl/N-ethyl adjacent to an activating group) is 1. The number of carbonyl (C=O) groups excluding carboxylic acids is 2. The maximum atomic E-state index is 14.1. The van der Waals surface area contributed by atoms with E-state index in [1.165, 1.54) is 6.42 Å². The van der Waals surface area contributed by atoms with E-state index in [-0.39, 0.29) is 23.3 Å². The van der Waals surface area contributed by atoms with Crippen LogP contribution in [-0.4, -0.2) is 56.4 Å². The molecule has 1 aliphatic carbocycles. The Morgan fingerprint density at radius 1 is 1.15 bits per heavy atom. The number of hydrogen-bond donors (Lipinski definition) is 1. The van der Waals surface area contributed by atoms with Crippen molar-refractivity contribution in [3.63, 3.8) is 0 Å². The minimum absolute atomic E-state index is 0.183. The maximum absolute atomic E-state index is 14.1. The third-order valence-electron chi connectivity index (χ3n) is 7.77. The number of anilines is 2. The largest absolute Gasteiger partial charge is 0.444 e. The van der Waals surface area contributed by atoms with Crippen LogP contribution >= 0.6 is 11.6 Å². The standard InChI is InChI=1S/C30H40ClN3O5S/c1-30(2,3)39-29(36)32-23(20-35)16-15-22-17-28-26(18-25(22)31)34(24-13-9-6-10-14-24)19-27(33(4)40(28,37)38)21-11-7-5-8-12-21/h6,9-10,13-14,17-18,20-21,23,27H,5,7-8,11-12,15-16,19H2,1-4H3,(H,32,36)/t23-,27-/m0/s1. The van der Waals surface area contributed by atoms with Crippen LogP contribution < -0.4 is 10.2 Å². The number of nitrogens with zero attached hydrogens (tertiary/aromatic N) is 2. The summed E-state index contributed by atoms with van der Waals surface area (Å²) in [5.74, 6) is 0.274. The van der Waals surface area contributed by atoms with E-state index >= 15 is 0 Å². The summed E-state index contributed by atoms with van der Waals surface area (Å²) < 4.78 is 35.1. The van der Waals surface area contributed by atoms with Gasteiger partial charge < -0.3 is 19.7 Å². The highest BCUT2D eigenvalue weighted by Gasteiger charge is 2.41. The highest BCUT2D eigenvalue weighted by atomic mass is 35.5. The number of amides is 1. The fraction of sp³-hybridized carbons (Fsp3) is 0.533. The van der Waals surface area contributed by atoms with E-state index in [2.05, 4.69) is 10.2 Å². The lowest BCUT2D eigenvalue weighted by Gasteiger charge is -2.36. The van der Waals surface area contributed by atoms with Crippen LogP contribution in [0.25, 0.3) is 0 Å². The summed E-state index contributed by atoms with van der Waals surface area (Å²) >= 11 is 6.77. The Balaban J connectivity index is 1.68. The minimum Gasteiger partial charge on any atom is -0.444 e. The van der Waals surface area contributed by atoms with Gasteiger partial charge in [-0.15, -0.1) is 0 Å². The summed E-state index contributed by atoms with van der Waals surface area (Å²) in [5, 5.41) is 2.98. The first-order chi connectivity index (χ1) is 18.9. The second-order valence-electron chi connectivity index (χ2n) is 11.8. The molecule has 1 saturated carbocycles. The smallest absolute Gasteiger partial charge is 0.408 e. The van der Waals surface area contributed by atoms with Crippen LogP contribution in [-0.2, 0) is 26.0 Å². The molecule has 0 spiro atoms. The molecule has 8 nitrogen and oxygen atoms in total. The van der Waals surface area contributed by atoms with E-state index in [1.807, 2.05) is 30.3 Å². The molecule has 10 heteroatoms. The Morgan fingerprint density at radius 2 is 1.82 bits per heavy atom. The average Bonchev–Trinajstić information content (AvgIpc) is 2.99. The second kappa shape index (κ2) is 12.5. The Labute approximate surface area is 243 Å². The van der Waals surface area contributed by atoms with Crippen molar-refractivity contribution in [3.05, 3.63) is 53.1 Å². The molecule has 2 aromatic carbocycles. The van der Waals surface area contributed by atoms with Gasteiger partial charge in [-0.05, 0) is 82.2 Å². The number of ether oxygens (including phenoxy) is 1. The van der Waals surface area contributed by atoms with Crippen molar-refractivity contribution in [1.82, 2.24) is 9.62 Å². The first kappa shape index (κ1) is 30.3. The Hall–Kier alpha value is -2.62. The zero-order chi connectivity index (χ0) is 29.1. The lowest BCUT2D eigenvalue weighted by atomic mass is 9.83. The van der Waals surface area contributed by atoms with Crippen molar-refractivity contribution in [2.75, 3.05) is 18.5 Å². The number of carbonyl (C=O) groups is 2. The van der Waals surface area contributed by atoms with E-state index in [0.29, 0.717) is 35.5 Å². The molecule has 1 fully saturated rings. The molecule has 0 bridgehead atoms. The maximum Gasteiger partial charge on any atom is 0.408 e. The van der Waals surface area contributed by atoms with Crippen LogP contribution in [0.3, 0.4) is 0 Å². The molecule has 0 unspecified atom stereocenters. The number of aldehydes is 1. The monoisotopic (exact) mass is 589 g/mol. The summed E-state index contributed by atoms with van der Waals surface area (Å²) in [5.41, 5.74) is 1.35. The number of para-hydroxylation sites is 1. The van der Waals surface area contributed by atoms with Crippen molar-refractivity contribution in [3.8, 4) is 0 Å². The van der Waals surface area contributed by atoms with Crippen molar-refractivity contribution >= 4 is 45.4 Å². The van der Waals surface area contributed by atoms with E-state index < -0.39 is 27.8 Å². The highest BCUT2D eigenvalue weighted by Crippen LogP contribution is 2.42. The predicted molar refractivity (Wildman–Crippen MR) is 158 cm³/mol. The van der Waals surface area contributed by atoms with E-state index in [9.17, 15) is 18.0 Å². The molecule has 218 valence electrons. The molecule has 40 heavy (non-hydrogen) atoms. The molecule has 1 amide bonds. The van der Waals surface area contributed by atoms with Crippen LogP contribution in [0.1, 0.15) is 64.9 Å². The first-order valence-electron chi connectivity index (χ1n) is 14.0. The molecule has 2 atom stereocenters. The summed E-state index contributed by atoms with van der Waals surface area (Å²) in [4.78, 5) is 26.2. The predicted octanol–water partition coefficient (Wildman–Crippen LogP) is 6.09. The first-order valence-corrected chi connectivity index (χ1v) is 15.8. The normalized spacial score (nSPS) is 20.7.